The molecule has 0 aliphatic rings. The first kappa shape index (κ1) is 28.0. The number of fused-ring (bicyclic) bond motifs is 1. The van der Waals surface area contributed by atoms with E-state index in [0.29, 0.717) is 22.8 Å². The predicted octanol–water partition coefficient (Wildman–Crippen LogP) is 4.32. The molecule has 0 radical (unpaired) electrons. The summed E-state index contributed by atoms with van der Waals surface area (Å²) in [4.78, 5) is 30.6. The minimum Gasteiger partial charge on any atom is -0.447 e. The van der Waals surface area contributed by atoms with Gasteiger partial charge in [-0.1, -0.05) is 23.7 Å². The number of nitrogens with zero attached hydrogens (tertiary/aromatic N) is 2. The second-order valence-electron chi connectivity index (χ2n) is 8.05. The normalized spacial score (nSPS) is 11.7. The number of amides is 3. The standard InChI is InChI=1S/C25H27ClF2N4O5/c1-32(24(34)30-14-17-3-2-4-21(28)23(17)26)20(7-9-36-10-8-33)15-37-25(35)31-22-12-18-11-19(27)6-5-16(18)13-29-22/h2-6,11-13,20,33H,7-10,14-15H2,1H3,(H,30,34)(H,29,31,35)/t20-/m0/s1. The van der Waals surface area contributed by atoms with Gasteiger partial charge >= 0.3 is 12.1 Å². The van der Waals surface area contributed by atoms with Crippen molar-refractivity contribution in [3.8, 4) is 0 Å². The topological polar surface area (TPSA) is 113 Å². The number of carbonyl (C=O) groups is 2. The zero-order chi connectivity index (χ0) is 26.8. The number of aliphatic hydroxyl groups excluding tert-OH is 1. The molecule has 9 nitrogen and oxygen atoms in total. The zero-order valence-corrected chi connectivity index (χ0v) is 20.8. The molecule has 2 aromatic carbocycles. The summed E-state index contributed by atoms with van der Waals surface area (Å²) >= 11 is 5.94. The van der Waals surface area contributed by atoms with Gasteiger partial charge < -0.3 is 24.8 Å². The Labute approximate surface area is 217 Å². The average molecular weight is 537 g/mol. The molecule has 0 bridgehead atoms. The van der Waals surface area contributed by atoms with Crippen molar-refractivity contribution in [3.63, 3.8) is 0 Å². The highest BCUT2D eigenvalue weighted by Gasteiger charge is 2.22. The van der Waals surface area contributed by atoms with Crippen molar-refractivity contribution in [2.24, 2.45) is 0 Å². The Hall–Kier alpha value is -3.54. The van der Waals surface area contributed by atoms with Crippen LogP contribution in [0, 0.1) is 11.6 Å². The molecule has 3 aromatic rings. The highest BCUT2D eigenvalue weighted by Crippen LogP contribution is 2.20. The largest absolute Gasteiger partial charge is 0.447 e. The van der Waals surface area contributed by atoms with Crippen LogP contribution < -0.4 is 10.6 Å². The highest BCUT2D eigenvalue weighted by atomic mass is 35.5. The quantitative estimate of drug-likeness (QED) is 0.315. The molecule has 3 amide bonds. The number of hydrogen-bond donors (Lipinski definition) is 3. The van der Waals surface area contributed by atoms with Crippen LogP contribution in [-0.4, -0.2) is 66.6 Å². The summed E-state index contributed by atoms with van der Waals surface area (Å²) in [6, 6.07) is 8.92. The molecule has 3 rings (SSSR count). The van der Waals surface area contributed by atoms with Crippen molar-refractivity contribution in [1.29, 1.82) is 0 Å². The first-order valence-corrected chi connectivity index (χ1v) is 11.8. The minimum atomic E-state index is -0.815. The molecule has 198 valence electrons. The van der Waals surface area contributed by atoms with Crippen LogP contribution in [0.25, 0.3) is 10.8 Å². The summed E-state index contributed by atoms with van der Waals surface area (Å²) in [5.41, 5.74) is 0.407. The van der Waals surface area contributed by atoms with Crippen molar-refractivity contribution < 1.29 is 33.0 Å². The van der Waals surface area contributed by atoms with Gasteiger partial charge in [0, 0.05) is 31.8 Å². The summed E-state index contributed by atoms with van der Waals surface area (Å²) in [5.74, 6) is -0.838. The van der Waals surface area contributed by atoms with Crippen LogP contribution in [0.4, 0.5) is 24.2 Å². The van der Waals surface area contributed by atoms with E-state index in [4.69, 9.17) is 26.2 Å². The number of rotatable bonds is 11. The van der Waals surface area contributed by atoms with E-state index in [9.17, 15) is 18.4 Å². The van der Waals surface area contributed by atoms with E-state index in [-0.39, 0.29) is 43.8 Å². The van der Waals surface area contributed by atoms with E-state index in [1.54, 1.807) is 12.1 Å². The van der Waals surface area contributed by atoms with E-state index < -0.39 is 29.8 Å². The number of aromatic nitrogens is 1. The number of urea groups is 1. The molecule has 1 aromatic heterocycles. The summed E-state index contributed by atoms with van der Waals surface area (Å²) in [6.45, 7) is -0.0290. The number of ether oxygens (including phenoxy) is 2. The van der Waals surface area contributed by atoms with Crippen LogP contribution >= 0.6 is 11.6 Å². The lowest BCUT2D eigenvalue weighted by Gasteiger charge is -2.28. The molecule has 0 saturated carbocycles. The monoisotopic (exact) mass is 536 g/mol. The summed E-state index contributed by atoms with van der Waals surface area (Å²) < 4.78 is 37.8. The van der Waals surface area contributed by atoms with Crippen molar-refractivity contribution in [2.75, 3.05) is 38.8 Å². The van der Waals surface area contributed by atoms with Crippen LogP contribution in [0.2, 0.25) is 5.02 Å². The molecule has 37 heavy (non-hydrogen) atoms. The van der Waals surface area contributed by atoms with E-state index in [2.05, 4.69) is 15.6 Å². The minimum absolute atomic E-state index is 0.0108. The Morgan fingerprint density at radius 3 is 2.76 bits per heavy atom. The van der Waals surface area contributed by atoms with Crippen LogP contribution in [0.5, 0.6) is 0 Å². The molecule has 0 unspecified atom stereocenters. The predicted molar refractivity (Wildman–Crippen MR) is 134 cm³/mol. The van der Waals surface area contributed by atoms with Gasteiger partial charge in [0.05, 0.1) is 24.3 Å². The lowest BCUT2D eigenvalue weighted by atomic mass is 10.2. The molecule has 0 aliphatic heterocycles. The maximum Gasteiger partial charge on any atom is 0.412 e. The lowest BCUT2D eigenvalue weighted by molar-refractivity contribution is 0.0631. The number of nitrogens with one attached hydrogen (secondary N) is 2. The lowest BCUT2D eigenvalue weighted by Crippen LogP contribution is -2.46. The second-order valence-corrected chi connectivity index (χ2v) is 8.42. The highest BCUT2D eigenvalue weighted by molar-refractivity contribution is 6.31. The number of aliphatic hydroxyl groups is 1. The summed E-state index contributed by atoms with van der Waals surface area (Å²) in [5, 5.41) is 15.2. The van der Waals surface area contributed by atoms with Gasteiger partial charge in [-0.15, -0.1) is 0 Å². The van der Waals surface area contributed by atoms with Gasteiger partial charge in [0.25, 0.3) is 0 Å². The van der Waals surface area contributed by atoms with E-state index in [0.717, 1.165) is 0 Å². The molecule has 0 fully saturated rings. The fraction of sp³-hybridized carbons (Fsp3) is 0.320. The van der Waals surface area contributed by atoms with E-state index in [1.165, 1.54) is 48.5 Å². The van der Waals surface area contributed by atoms with Crippen LogP contribution in [-0.2, 0) is 16.0 Å². The third kappa shape index (κ3) is 8.24. The van der Waals surface area contributed by atoms with Crippen LogP contribution in [0.15, 0.2) is 48.7 Å². The molecule has 3 N–H and O–H groups in total. The van der Waals surface area contributed by atoms with Gasteiger partial charge in [-0.3, -0.25) is 5.32 Å². The smallest absolute Gasteiger partial charge is 0.412 e. The Morgan fingerprint density at radius 2 is 1.97 bits per heavy atom. The third-order valence-electron chi connectivity index (χ3n) is 5.48. The molecule has 12 heteroatoms. The molecule has 0 saturated heterocycles. The van der Waals surface area contributed by atoms with Crippen LogP contribution in [0.1, 0.15) is 12.0 Å². The van der Waals surface area contributed by atoms with Gasteiger partial charge in [0.15, 0.2) is 0 Å². The SMILES string of the molecule is CN(C(=O)NCc1cccc(F)c1Cl)[C@@H](CCOCCO)COC(=O)Nc1cc2cc(F)ccc2cn1. The van der Waals surface area contributed by atoms with Crippen LogP contribution in [0.3, 0.4) is 0 Å². The second kappa shape index (κ2) is 13.7. The molecule has 1 heterocycles. The number of pyridine rings is 1. The summed E-state index contributed by atoms with van der Waals surface area (Å²) in [6.07, 6.45) is 0.977. The van der Waals surface area contributed by atoms with Crippen molar-refractivity contribution >= 4 is 40.3 Å². The van der Waals surface area contributed by atoms with Gasteiger partial charge in [-0.05, 0) is 47.7 Å². The van der Waals surface area contributed by atoms with Crippen molar-refractivity contribution in [1.82, 2.24) is 15.2 Å². The Kier molecular flexibility index (Phi) is 10.4. The number of carbonyl (C=O) groups excluding carboxylic acids is 2. The van der Waals surface area contributed by atoms with Gasteiger partial charge in [0.2, 0.25) is 0 Å². The fourth-order valence-electron chi connectivity index (χ4n) is 3.41. The first-order chi connectivity index (χ1) is 17.8. The van der Waals surface area contributed by atoms with Gasteiger partial charge in [-0.25, -0.2) is 23.4 Å². The summed E-state index contributed by atoms with van der Waals surface area (Å²) in [7, 11) is 1.51. The fourth-order valence-corrected chi connectivity index (χ4v) is 3.61. The Balaban J connectivity index is 1.59. The van der Waals surface area contributed by atoms with Crippen molar-refractivity contribution in [2.45, 2.75) is 19.0 Å². The Morgan fingerprint density at radius 1 is 1.16 bits per heavy atom. The molecule has 0 aliphatic carbocycles. The number of likely N-dealkylation sites (N-methyl/N-ethyl adjacent to an activating group) is 1. The number of hydrogen-bond acceptors (Lipinski definition) is 6. The van der Waals surface area contributed by atoms with Gasteiger partial charge in [0.1, 0.15) is 24.1 Å². The van der Waals surface area contributed by atoms with E-state index >= 15 is 0 Å². The number of anilines is 1. The number of halogens is 3. The zero-order valence-electron chi connectivity index (χ0n) is 20.0. The molecular formula is C25H27ClF2N4O5. The first-order valence-electron chi connectivity index (χ1n) is 11.4. The number of benzene rings is 2. The van der Waals surface area contributed by atoms with Gasteiger partial charge in [-0.2, -0.15) is 0 Å². The molecule has 0 spiro atoms. The molecular weight excluding hydrogens is 510 g/mol. The van der Waals surface area contributed by atoms with E-state index in [1.807, 2.05) is 0 Å². The third-order valence-corrected chi connectivity index (χ3v) is 5.90. The maximum absolute atomic E-state index is 13.7. The average Bonchev–Trinajstić information content (AvgIpc) is 2.88. The maximum atomic E-state index is 13.7. The Bertz CT molecular complexity index is 1230. The van der Waals surface area contributed by atoms with Crippen molar-refractivity contribution in [3.05, 3.63) is 70.9 Å². The molecule has 1 atom stereocenters.